The molecule has 0 radical (unpaired) electrons. The van der Waals surface area contributed by atoms with Gasteiger partial charge in [0.2, 0.25) is 0 Å². The topological polar surface area (TPSA) is 65.2 Å². The van der Waals surface area contributed by atoms with Crippen molar-refractivity contribution in [2.24, 2.45) is 9.98 Å². The summed E-state index contributed by atoms with van der Waals surface area (Å²) < 4.78 is 0. The molecule has 0 spiro atoms. The van der Waals surface area contributed by atoms with Crippen LogP contribution in [0.1, 0.15) is 63.8 Å². The number of fused-ring (bicyclic) bond motifs is 2. The lowest BCUT2D eigenvalue weighted by Gasteiger charge is -2.20. The number of phenolic OH excluding ortho intramolecular Hbond substituents is 2. The molecule has 6 rings (SSSR count). The normalized spacial score (nSPS) is 12.6. The molecule has 2 N–H and O–H groups in total. The molecule has 0 aliphatic heterocycles. The molecule has 0 atom stereocenters. The van der Waals surface area contributed by atoms with E-state index in [4.69, 9.17) is 33.2 Å². The highest BCUT2D eigenvalue weighted by Gasteiger charge is 2.21. The number of phenols is 2. The van der Waals surface area contributed by atoms with Gasteiger partial charge >= 0.3 is 0 Å². The molecule has 6 aromatic rings. The van der Waals surface area contributed by atoms with Gasteiger partial charge in [-0.2, -0.15) is 0 Å². The minimum atomic E-state index is -0.172. The molecule has 0 aliphatic rings. The molecule has 0 aromatic heterocycles. The zero-order valence-corrected chi connectivity index (χ0v) is 29.4. The van der Waals surface area contributed by atoms with Crippen molar-refractivity contribution in [3.05, 3.63) is 129 Å². The SMILES string of the molecule is CC(C)(C)c1cc(Cl)c(O)c(C=Nc2ccc3ccccc3c2-c2c(N=Cc3cc(C(C)(C)C)cc(Cl)c3O)ccc3ccccc23)c1. The van der Waals surface area contributed by atoms with E-state index in [9.17, 15) is 10.2 Å². The van der Waals surface area contributed by atoms with Crippen LogP contribution in [0.3, 0.4) is 0 Å². The number of aromatic hydroxyl groups is 2. The van der Waals surface area contributed by atoms with E-state index >= 15 is 0 Å². The van der Waals surface area contributed by atoms with Crippen LogP contribution in [-0.4, -0.2) is 22.6 Å². The first kappa shape index (κ1) is 33.3. The number of halogens is 2. The molecule has 0 fully saturated rings. The third-order valence-corrected chi connectivity index (χ3v) is 9.24. The molecular formula is C42H38Cl2N2O2. The summed E-state index contributed by atoms with van der Waals surface area (Å²) in [6.07, 6.45) is 3.35. The summed E-state index contributed by atoms with van der Waals surface area (Å²) in [7, 11) is 0. The van der Waals surface area contributed by atoms with Crippen LogP contribution in [0.4, 0.5) is 11.4 Å². The maximum absolute atomic E-state index is 10.9. The summed E-state index contributed by atoms with van der Waals surface area (Å²) in [6, 6.07) is 32.0. The van der Waals surface area contributed by atoms with E-state index in [2.05, 4.69) is 77.9 Å². The van der Waals surface area contributed by atoms with Crippen molar-refractivity contribution in [1.82, 2.24) is 0 Å². The van der Waals surface area contributed by atoms with Gasteiger partial charge in [-0.15, -0.1) is 0 Å². The maximum Gasteiger partial charge on any atom is 0.142 e. The molecule has 6 heteroatoms. The van der Waals surface area contributed by atoms with Gasteiger partial charge in [0.1, 0.15) is 11.5 Å². The van der Waals surface area contributed by atoms with Gasteiger partial charge in [0.05, 0.1) is 21.4 Å². The molecule has 0 unspecified atom stereocenters. The Morgan fingerprint density at radius 1 is 0.521 bits per heavy atom. The Labute approximate surface area is 292 Å². The lowest BCUT2D eigenvalue weighted by molar-refractivity contribution is 0.473. The van der Waals surface area contributed by atoms with Gasteiger partial charge in [-0.1, -0.05) is 125 Å². The van der Waals surface area contributed by atoms with Crippen LogP contribution in [0.15, 0.2) is 107 Å². The number of benzene rings is 6. The number of rotatable bonds is 5. The van der Waals surface area contributed by atoms with Crippen LogP contribution in [0.25, 0.3) is 32.7 Å². The van der Waals surface area contributed by atoms with Gasteiger partial charge in [0.25, 0.3) is 0 Å². The predicted molar refractivity (Wildman–Crippen MR) is 205 cm³/mol. The van der Waals surface area contributed by atoms with Gasteiger partial charge in [-0.3, -0.25) is 9.98 Å². The van der Waals surface area contributed by atoms with Crippen molar-refractivity contribution in [2.45, 2.75) is 52.4 Å². The highest BCUT2D eigenvalue weighted by molar-refractivity contribution is 6.33. The summed E-state index contributed by atoms with van der Waals surface area (Å²) in [5.41, 5.74) is 5.93. The Bertz CT molecular complexity index is 2100. The van der Waals surface area contributed by atoms with E-state index in [1.54, 1.807) is 24.6 Å². The Hall–Kier alpha value is -4.64. The summed E-state index contributed by atoms with van der Waals surface area (Å²) in [5.74, 6) is -0.0238. The molecule has 48 heavy (non-hydrogen) atoms. The van der Waals surface area contributed by atoms with E-state index in [-0.39, 0.29) is 32.4 Å². The lowest BCUT2D eigenvalue weighted by Crippen LogP contribution is -2.11. The standard InChI is InChI=1S/C42H38Cl2N2O2/c1-41(2,3)29-19-27(39(47)33(43)21-29)23-45-35-17-15-25-11-7-9-13-31(25)37(35)38-32-14-10-8-12-26(32)16-18-36(38)46-24-28-20-30(42(4,5)6)22-34(44)40(28)48/h7-24,47-48H,1-6H3. The van der Waals surface area contributed by atoms with Gasteiger partial charge in [-0.25, -0.2) is 0 Å². The van der Waals surface area contributed by atoms with Crippen molar-refractivity contribution >= 4 is 68.6 Å². The predicted octanol–water partition coefficient (Wildman–Crippen LogP) is 12.5. The highest BCUT2D eigenvalue weighted by atomic mass is 35.5. The van der Waals surface area contributed by atoms with E-state index in [1.807, 2.05) is 48.5 Å². The van der Waals surface area contributed by atoms with Crippen molar-refractivity contribution < 1.29 is 10.2 Å². The van der Waals surface area contributed by atoms with Crippen LogP contribution in [0, 0.1) is 0 Å². The van der Waals surface area contributed by atoms with E-state index in [1.165, 1.54) is 0 Å². The van der Waals surface area contributed by atoms with Crippen LogP contribution in [-0.2, 0) is 10.8 Å². The number of hydrogen-bond acceptors (Lipinski definition) is 4. The van der Waals surface area contributed by atoms with Gasteiger partial charge in [-0.05, 0) is 79.9 Å². The molecule has 0 saturated carbocycles. The summed E-state index contributed by atoms with van der Waals surface area (Å²) in [6.45, 7) is 12.6. The molecule has 242 valence electrons. The number of hydrogen-bond donors (Lipinski definition) is 2. The molecule has 0 amide bonds. The van der Waals surface area contributed by atoms with Crippen LogP contribution >= 0.6 is 23.2 Å². The molecule has 4 nitrogen and oxygen atoms in total. The molecule has 0 heterocycles. The summed E-state index contributed by atoms with van der Waals surface area (Å²) >= 11 is 13.0. The zero-order valence-electron chi connectivity index (χ0n) is 27.9. The summed E-state index contributed by atoms with van der Waals surface area (Å²) in [4.78, 5) is 10.0. The third kappa shape index (κ3) is 6.56. The molecular weight excluding hydrogens is 635 g/mol. The highest BCUT2D eigenvalue weighted by Crippen LogP contribution is 2.46. The first-order chi connectivity index (χ1) is 22.7. The molecule has 0 bridgehead atoms. The van der Waals surface area contributed by atoms with Crippen molar-refractivity contribution in [3.63, 3.8) is 0 Å². The van der Waals surface area contributed by atoms with E-state index in [0.717, 1.165) is 43.8 Å². The zero-order chi connectivity index (χ0) is 34.4. The van der Waals surface area contributed by atoms with Gasteiger partial charge < -0.3 is 10.2 Å². The first-order valence-electron chi connectivity index (χ1n) is 15.9. The summed E-state index contributed by atoms with van der Waals surface area (Å²) in [5, 5.41) is 26.5. The van der Waals surface area contributed by atoms with Crippen LogP contribution in [0.2, 0.25) is 10.0 Å². The third-order valence-electron chi connectivity index (χ3n) is 8.67. The number of aliphatic imine (C=N–C) groups is 2. The minimum absolute atomic E-state index is 0.0119. The Kier molecular flexibility index (Phi) is 8.84. The second kappa shape index (κ2) is 12.8. The molecule has 6 aromatic carbocycles. The van der Waals surface area contributed by atoms with Crippen molar-refractivity contribution in [2.75, 3.05) is 0 Å². The quantitative estimate of drug-likeness (QED) is 0.179. The van der Waals surface area contributed by atoms with Crippen LogP contribution < -0.4 is 0 Å². The monoisotopic (exact) mass is 672 g/mol. The van der Waals surface area contributed by atoms with E-state index < -0.39 is 0 Å². The van der Waals surface area contributed by atoms with Gasteiger partial charge in [0, 0.05) is 34.7 Å². The second-order valence-electron chi connectivity index (χ2n) is 14.2. The smallest absolute Gasteiger partial charge is 0.142 e. The minimum Gasteiger partial charge on any atom is -0.506 e. The lowest BCUT2D eigenvalue weighted by atomic mass is 9.86. The fourth-order valence-corrected chi connectivity index (χ4v) is 6.30. The Morgan fingerprint density at radius 2 is 0.896 bits per heavy atom. The maximum atomic E-state index is 10.9. The first-order valence-corrected chi connectivity index (χ1v) is 16.7. The average molecular weight is 674 g/mol. The van der Waals surface area contributed by atoms with Crippen LogP contribution in [0.5, 0.6) is 11.5 Å². The van der Waals surface area contributed by atoms with E-state index in [0.29, 0.717) is 22.5 Å². The fraction of sp³-hybridized carbons (Fsp3) is 0.190. The Morgan fingerprint density at radius 3 is 1.27 bits per heavy atom. The fourth-order valence-electron chi connectivity index (χ4n) is 5.84. The van der Waals surface area contributed by atoms with Crippen molar-refractivity contribution in [3.8, 4) is 22.6 Å². The molecule has 0 aliphatic carbocycles. The van der Waals surface area contributed by atoms with Crippen molar-refractivity contribution in [1.29, 1.82) is 0 Å². The average Bonchev–Trinajstić information content (AvgIpc) is 3.04. The second-order valence-corrected chi connectivity index (χ2v) is 15.0. The molecule has 0 saturated heterocycles. The van der Waals surface area contributed by atoms with Gasteiger partial charge in [0.15, 0.2) is 0 Å². The largest absolute Gasteiger partial charge is 0.506 e. The number of nitrogens with zero attached hydrogens (tertiary/aromatic N) is 2. The Balaban J connectivity index is 1.60.